The number of aliphatic hydroxyl groups excluding tert-OH is 5. The molecule has 0 radical (unpaired) electrons. The Morgan fingerprint density at radius 1 is 1.24 bits per heavy atom. The number of rotatable bonds is 9. The molecule has 3 heterocycles. The second-order valence-electron chi connectivity index (χ2n) is 8.28. The van der Waals surface area contributed by atoms with Crippen molar-refractivity contribution in [3.05, 3.63) is 60.6 Å². The molecule has 9 unspecified atom stereocenters. The average molecular weight is 481 g/mol. The molecule has 0 spiro atoms. The molecule has 1 fully saturated rings. The molecular weight excluding hydrogens is 450 g/mol. The van der Waals surface area contributed by atoms with E-state index in [2.05, 4.69) is 6.58 Å². The van der Waals surface area contributed by atoms with Gasteiger partial charge in [-0.2, -0.15) is 0 Å². The highest BCUT2D eigenvalue weighted by atomic mass is 16.8. The van der Waals surface area contributed by atoms with Crippen LogP contribution < -0.4 is 10.0 Å². The van der Waals surface area contributed by atoms with Crippen molar-refractivity contribution < 1.29 is 54.5 Å². The molecular formula is C23H31NO10. The molecule has 6 N–H and O–H groups in total. The molecule has 0 saturated carbocycles. The van der Waals surface area contributed by atoms with Crippen LogP contribution in [0.5, 0.6) is 0 Å². The lowest BCUT2D eigenvalue weighted by molar-refractivity contribution is -0.841. The Kier molecular flexibility index (Phi) is 9.17. The fraction of sp³-hybridized carbons (Fsp3) is 0.522. The Labute approximate surface area is 196 Å². The number of nitrogens with one attached hydrogen (secondary N) is 1. The smallest absolute Gasteiger partial charge is 0.208 e. The van der Waals surface area contributed by atoms with Crippen LogP contribution >= 0.6 is 0 Å². The SMILES string of the molecule is C=CC1C(OC2OC(CO)C(O)C(O)C2O)OC=C(C(=O)[O-])C1C=CC1=C[NH+](CCO)CC=C1. The maximum Gasteiger partial charge on any atom is 0.208 e. The summed E-state index contributed by atoms with van der Waals surface area (Å²) in [5.74, 6) is -2.97. The van der Waals surface area contributed by atoms with Crippen molar-refractivity contribution in [2.45, 2.75) is 37.0 Å². The summed E-state index contributed by atoms with van der Waals surface area (Å²) < 4.78 is 16.5. The van der Waals surface area contributed by atoms with Gasteiger partial charge in [0.1, 0.15) is 43.7 Å². The second kappa shape index (κ2) is 11.9. The van der Waals surface area contributed by atoms with Crippen molar-refractivity contribution in [3.8, 4) is 0 Å². The third-order valence-corrected chi connectivity index (χ3v) is 6.03. The normalized spacial score (nSPS) is 38.2. The third-order valence-electron chi connectivity index (χ3n) is 6.03. The first kappa shape index (κ1) is 26.3. The number of carbonyl (C=O) groups excluding carboxylic acids is 1. The van der Waals surface area contributed by atoms with E-state index >= 15 is 0 Å². The second-order valence-corrected chi connectivity index (χ2v) is 8.28. The number of carbonyl (C=O) groups is 1. The third kappa shape index (κ3) is 5.82. The molecule has 3 rings (SSSR count). The van der Waals surface area contributed by atoms with E-state index in [0.717, 1.165) is 23.3 Å². The fourth-order valence-electron chi connectivity index (χ4n) is 4.12. The summed E-state index contributed by atoms with van der Waals surface area (Å²) in [6, 6.07) is 0. The standard InChI is InChI=1S/C23H31NO10/c1-2-14-15(6-5-13-4-3-7-24(10-13)8-9-25)16(21(30)31)12-32-22(14)34-23-20(29)19(28)18(27)17(11-26)33-23/h2-6,10,12,14-15,17-20,22-23,25-29H,1,7-9,11H2,(H,30,31). The minimum absolute atomic E-state index is 0.0315. The van der Waals surface area contributed by atoms with Crippen LogP contribution in [0.15, 0.2) is 60.6 Å². The monoisotopic (exact) mass is 481 g/mol. The summed E-state index contributed by atoms with van der Waals surface area (Å²) in [5, 5.41) is 60.5. The predicted molar refractivity (Wildman–Crippen MR) is 114 cm³/mol. The van der Waals surface area contributed by atoms with Gasteiger partial charge in [-0.1, -0.05) is 18.2 Å². The van der Waals surface area contributed by atoms with Crippen LogP contribution in [-0.4, -0.2) is 94.8 Å². The van der Waals surface area contributed by atoms with Crippen molar-refractivity contribution in [3.63, 3.8) is 0 Å². The minimum Gasteiger partial charge on any atom is -0.545 e. The van der Waals surface area contributed by atoms with E-state index in [1.54, 1.807) is 12.2 Å². The van der Waals surface area contributed by atoms with Crippen molar-refractivity contribution in [1.29, 1.82) is 0 Å². The Hall–Kier alpha value is -2.35. The van der Waals surface area contributed by atoms with E-state index in [1.165, 1.54) is 6.08 Å². The van der Waals surface area contributed by atoms with Gasteiger partial charge in [0.05, 0.1) is 25.4 Å². The van der Waals surface area contributed by atoms with Crippen molar-refractivity contribution in [2.24, 2.45) is 11.8 Å². The van der Waals surface area contributed by atoms with Gasteiger partial charge in [-0.05, 0) is 12.2 Å². The molecule has 0 aromatic carbocycles. The van der Waals surface area contributed by atoms with E-state index in [0.29, 0.717) is 6.54 Å². The zero-order chi connectivity index (χ0) is 24.8. The van der Waals surface area contributed by atoms with Crippen molar-refractivity contribution in [2.75, 3.05) is 26.3 Å². The first-order valence-corrected chi connectivity index (χ1v) is 11.0. The molecule has 3 aliphatic rings. The van der Waals surface area contributed by atoms with E-state index in [-0.39, 0.29) is 12.2 Å². The lowest BCUT2D eigenvalue weighted by atomic mass is 9.83. The van der Waals surface area contributed by atoms with Gasteiger partial charge in [0.25, 0.3) is 0 Å². The average Bonchev–Trinajstić information content (AvgIpc) is 2.83. The Balaban J connectivity index is 1.81. The summed E-state index contributed by atoms with van der Waals surface area (Å²) in [6.45, 7) is 4.42. The number of allylic oxidation sites excluding steroid dienone is 4. The van der Waals surface area contributed by atoms with Gasteiger partial charge < -0.3 is 54.5 Å². The van der Waals surface area contributed by atoms with E-state index < -0.39 is 61.4 Å². The number of aliphatic hydroxyl groups is 5. The predicted octanol–water partition coefficient (Wildman–Crippen LogP) is -3.90. The zero-order valence-corrected chi connectivity index (χ0v) is 18.5. The van der Waals surface area contributed by atoms with Crippen LogP contribution in [0.2, 0.25) is 0 Å². The van der Waals surface area contributed by atoms with Gasteiger partial charge in [0.15, 0.2) is 6.29 Å². The lowest BCUT2D eigenvalue weighted by Crippen LogP contribution is -3.08. The highest BCUT2D eigenvalue weighted by Gasteiger charge is 2.46. The van der Waals surface area contributed by atoms with E-state index in [1.807, 2.05) is 18.4 Å². The largest absolute Gasteiger partial charge is 0.545 e. The number of aliphatic carboxylic acids is 1. The van der Waals surface area contributed by atoms with Crippen LogP contribution in [0.25, 0.3) is 0 Å². The van der Waals surface area contributed by atoms with Crippen molar-refractivity contribution >= 4 is 5.97 Å². The quantitative estimate of drug-likeness (QED) is 0.179. The number of hydrogen-bond donors (Lipinski definition) is 6. The molecule has 3 aliphatic heterocycles. The minimum atomic E-state index is -1.65. The molecule has 0 aromatic rings. The van der Waals surface area contributed by atoms with Crippen molar-refractivity contribution in [1.82, 2.24) is 0 Å². The summed E-state index contributed by atoms with van der Waals surface area (Å²) in [6.07, 6.45) is 2.92. The van der Waals surface area contributed by atoms with Crippen LogP contribution in [0.4, 0.5) is 0 Å². The van der Waals surface area contributed by atoms with Gasteiger partial charge >= 0.3 is 0 Å². The molecule has 11 nitrogen and oxygen atoms in total. The highest BCUT2D eigenvalue weighted by Crippen LogP contribution is 2.35. The number of carboxylic acid groups (broad SMARTS) is 1. The summed E-state index contributed by atoms with van der Waals surface area (Å²) in [5.41, 5.74) is 0.669. The Bertz CT molecular complexity index is 851. The number of hydrogen-bond acceptors (Lipinski definition) is 10. The van der Waals surface area contributed by atoms with Crippen LogP contribution in [0, 0.1) is 11.8 Å². The molecule has 34 heavy (non-hydrogen) atoms. The first-order chi connectivity index (χ1) is 16.3. The number of carboxylic acids is 1. The summed E-state index contributed by atoms with van der Waals surface area (Å²) >= 11 is 0. The number of quaternary nitrogens is 1. The molecule has 0 aliphatic carbocycles. The molecule has 188 valence electrons. The maximum atomic E-state index is 11.7. The van der Waals surface area contributed by atoms with Crippen LogP contribution in [0.3, 0.4) is 0 Å². The maximum absolute atomic E-state index is 11.7. The van der Waals surface area contributed by atoms with E-state index in [4.69, 9.17) is 19.3 Å². The van der Waals surface area contributed by atoms with Gasteiger partial charge in [0.2, 0.25) is 6.29 Å². The number of ether oxygens (including phenoxy) is 3. The fourth-order valence-corrected chi connectivity index (χ4v) is 4.12. The van der Waals surface area contributed by atoms with Gasteiger partial charge in [0, 0.05) is 23.0 Å². The summed E-state index contributed by atoms with van der Waals surface area (Å²) in [7, 11) is 0. The topological polar surface area (TPSA) is 173 Å². The molecule has 11 heteroatoms. The lowest BCUT2D eigenvalue weighted by Gasteiger charge is -2.43. The Morgan fingerprint density at radius 2 is 2.00 bits per heavy atom. The molecule has 0 aromatic heterocycles. The molecule has 0 bridgehead atoms. The first-order valence-electron chi connectivity index (χ1n) is 11.0. The Morgan fingerprint density at radius 3 is 2.65 bits per heavy atom. The van der Waals surface area contributed by atoms with Gasteiger partial charge in [-0.3, -0.25) is 0 Å². The van der Waals surface area contributed by atoms with Crippen LogP contribution in [-0.2, 0) is 19.0 Å². The summed E-state index contributed by atoms with van der Waals surface area (Å²) in [4.78, 5) is 12.8. The van der Waals surface area contributed by atoms with E-state index in [9.17, 15) is 30.3 Å². The molecule has 9 atom stereocenters. The molecule has 1 saturated heterocycles. The van der Waals surface area contributed by atoms with Gasteiger partial charge in [-0.15, -0.1) is 6.58 Å². The van der Waals surface area contributed by atoms with Gasteiger partial charge in [-0.25, -0.2) is 0 Å². The zero-order valence-electron chi connectivity index (χ0n) is 18.5. The van der Waals surface area contributed by atoms with Crippen LogP contribution in [0.1, 0.15) is 0 Å². The molecule has 0 amide bonds. The highest BCUT2D eigenvalue weighted by molar-refractivity contribution is 5.85.